The summed E-state index contributed by atoms with van der Waals surface area (Å²) in [5.74, 6) is 0.590. The maximum absolute atomic E-state index is 5.79. The average Bonchev–Trinajstić information content (AvgIpc) is 2.29. The fourth-order valence-corrected chi connectivity index (χ4v) is 1.49. The maximum Gasteiger partial charge on any atom is 0.192 e. The molecule has 0 saturated heterocycles. The molecule has 1 aromatic heterocycles. The summed E-state index contributed by atoms with van der Waals surface area (Å²) in [5.41, 5.74) is 4.74. The van der Waals surface area contributed by atoms with Gasteiger partial charge in [0.05, 0.1) is 5.69 Å². The minimum absolute atomic E-state index is 0.362. The van der Waals surface area contributed by atoms with Crippen LogP contribution < -0.4 is 10.7 Å². The number of hydrogen-bond donors (Lipinski definition) is 2. The summed E-state index contributed by atoms with van der Waals surface area (Å²) >= 11 is 5.79. The molecule has 17 heavy (non-hydrogen) atoms. The van der Waals surface area contributed by atoms with Gasteiger partial charge in [-0.15, -0.1) is 10.2 Å². The molecule has 0 amide bonds. The van der Waals surface area contributed by atoms with E-state index in [-0.39, 0.29) is 0 Å². The molecule has 0 aliphatic heterocycles. The molecule has 0 aliphatic rings. The van der Waals surface area contributed by atoms with Crippen molar-refractivity contribution in [1.82, 2.24) is 10.2 Å². The lowest BCUT2D eigenvalue weighted by Gasteiger charge is -2.08. The van der Waals surface area contributed by atoms with E-state index in [0.717, 1.165) is 30.8 Å². The van der Waals surface area contributed by atoms with E-state index >= 15 is 0 Å². The van der Waals surface area contributed by atoms with E-state index in [9.17, 15) is 0 Å². The van der Waals surface area contributed by atoms with Crippen LogP contribution in [-0.2, 0) is 0 Å². The van der Waals surface area contributed by atoms with Crippen LogP contribution in [0.2, 0.25) is 5.15 Å². The lowest BCUT2D eigenvalue weighted by Crippen LogP contribution is -2.05. The second kappa shape index (κ2) is 7.06. The third-order valence-corrected chi connectivity index (χ3v) is 2.28. The second-order valence-corrected chi connectivity index (χ2v) is 4.06. The predicted molar refractivity (Wildman–Crippen MR) is 72.8 cm³/mol. The zero-order chi connectivity index (χ0) is 12.7. The van der Waals surface area contributed by atoms with Gasteiger partial charge in [-0.1, -0.05) is 24.9 Å². The van der Waals surface area contributed by atoms with E-state index in [1.54, 1.807) is 6.07 Å². The molecule has 6 heteroatoms. The summed E-state index contributed by atoms with van der Waals surface area (Å²) in [7, 11) is 0. The van der Waals surface area contributed by atoms with Crippen molar-refractivity contribution in [3.05, 3.63) is 11.2 Å². The van der Waals surface area contributed by atoms with Crippen molar-refractivity contribution in [3.8, 4) is 0 Å². The van der Waals surface area contributed by atoms with Crippen molar-refractivity contribution in [2.45, 2.75) is 33.6 Å². The van der Waals surface area contributed by atoms with Gasteiger partial charge in [0, 0.05) is 18.3 Å². The van der Waals surface area contributed by atoms with Crippen LogP contribution in [0.15, 0.2) is 11.2 Å². The highest BCUT2D eigenvalue weighted by Crippen LogP contribution is 2.20. The molecule has 94 valence electrons. The van der Waals surface area contributed by atoms with Crippen molar-refractivity contribution in [1.29, 1.82) is 0 Å². The molecule has 1 aromatic rings. The van der Waals surface area contributed by atoms with E-state index in [4.69, 9.17) is 11.6 Å². The quantitative estimate of drug-likeness (QED) is 0.606. The first-order valence-corrected chi connectivity index (χ1v) is 6.11. The molecule has 5 nitrogen and oxygen atoms in total. The van der Waals surface area contributed by atoms with Gasteiger partial charge >= 0.3 is 0 Å². The lowest BCUT2D eigenvalue weighted by atomic mass is 10.2. The molecule has 0 fully saturated rings. The topological polar surface area (TPSA) is 62.2 Å². The third-order valence-electron chi connectivity index (χ3n) is 2.10. The smallest absolute Gasteiger partial charge is 0.192 e. The van der Waals surface area contributed by atoms with Crippen LogP contribution in [0, 0.1) is 0 Å². The van der Waals surface area contributed by atoms with Gasteiger partial charge in [0.2, 0.25) is 0 Å². The Bertz CT molecular complexity index is 391. The first-order chi connectivity index (χ1) is 8.17. The number of aromatic nitrogens is 2. The summed E-state index contributed by atoms with van der Waals surface area (Å²) in [6.07, 6.45) is 2.04. The van der Waals surface area contributed by atoms with E-state index in [1.165, 1.54) is 0 Å². The van der Waals surface area contributed by atoms with Crippen LogP contribution in [0.25, 0.3) is 0 Å². The monoisotopic (exact) mass is 255 g/mol. The molecule has 1 rings (SSSR count). The van der Waals surface area contributed by atoms with Crippen LogP contribution in [0.1, 0.15) is 33.6 Å². The SMILES string of the molecule is CCCC(C)=NNc1nnc(Cl)cc1NCC. The zero-order valence-corrected chi connectivity index (χ0v) is 11.2. The number of hydrazone groups is 1. The molecule has 0 aromatic carbocycles. The molecule has 0 unspecified atom stereocenters. The summed E-state index contributed by atoms with van der Waals surface area (Å²) in [6.45, 7) is 6.88. The predicted octanol–water partition coefficient (Wildman–Crippen LogP) is 3.15. The van der Waals surface area contributed by atoms with E-state index in [1.807, 2.05) is 13.8 Å². The van der Waals surface area contributed by atoms with E-state index in [2.05, 4.69) is 33.0 Å². The van der Waals surface area contributed by atoms with Gasteiger partial charge in [-0.25, -0.2) is 0 Å². The minimum atomic E-state index is 0.362. The average molecular weight is 256 g/mol. The van der Waals surface area contributed by atoms with Gasteiger partial charge in [0.25, 0.3) is 0 Å². The summed E-state index contributed by atoms with van der Waals surface area (Å²) in [5, 5.41) is 15.5. The van der Waals surface area contributed by atoms with E-state index in [0.29, 0.717) is 11.0 Å². The van der Waals surface area contributed by atoms with Crippen molar-refractivity contribution >= 4 is 28.8 Å². The van der Waals surface area contributed by atoms with Crippen molar-refractivity contribution in [2.24, 2.45) is 5.10 Å². The fraction of sp³-hybridized carbons (Fsp3) is 0.545. The Morgan fingerprint density at radius 2 is 2.18 bits per heavy atom. The van der Waals surface area contributed by atoms with Crippen LogP contribution in [-0.4, -0.2) is 22.5 Å². The number of rotatable bonds is 6. The van der Waals surface area contributed by atoms with Crippen LogP contribution in [0.5, 0.6) is 0 Å². The van der Waals surface area contributed by atoms with Crippen LogP contribution in [0.4, 0.5) is 11.5 Å². The lowest BCUT2D eigenvalue weighted by molar-refractivity contribution is 0.975. The number of hydrogen-bond acceptors (Lipinski definition) is 5. The van der Waals surface area contributed by atoms with Gasteiger partial charge in [-0.05, 0) is 20.3 Å². The Hall–Kier alpha value is -1.36. The standard InChI is InChI=1S/C11H18ClN5/c1-4-6-8(3)14-16-11-9(13-5-2)7-10(12)15-17-11/h7H,4-6H2,1-3H3,(H,13,15)(H,16,17). The van der Waals surface area contributed by atoms with E-state index < -0.39 is 0 Å². The van der Waals surface area contributed by atoms with Crippen LogP contribution in [0.3, 0.4) is 0 Å². The van der Waals surface area contributed by atoms with Crippen molar-refractivity contribution in [3.63, 3.8) is 0 Å². The molecule has 0 spiro atoms. The van der Waals surface area contributed by atoms with Gasteiger partial charge in [0.1, 0.15) is 0 Å². The van der Waals surface area contributed by atoms with Crippen molar-refractivity contribution in [2.75, 3.05) is 17.3 Å². The Balaban J connectivity index is 2.79. The first kappa shape index (κ1) is 13.7. The third kappa shape index (κ3) is 4.56. The number of anilines is 2. The summed E-state index contributed by atoms with van der Waals surface area (Å²) in [4.78, 5) is 0. The molecule has 0 aliphatic carbocycles. The van der Waals surface area contributed by atoms with Crippen LogP contribution >= 0.6 is 11.6 Å². The summed E-state index contributed by atoms with van der Waals surface area (Å²) < 4.78 is 0. The Kier molecular flexibility index (Phi) is 5.69. The molecule has 0 saturated carbocycles. The second-order valence-electron chi connectivity index (χ2n) is 3.67. The molecular weight excluding hydrogens is 238 g/mol. The minimum Gasteiger partial charge on any atom is -0.382 e. The summed E-state index contributed by atoms with van der Waals surface area (Å²) in [6, 6.07) is 1.73. The van der Waals surface area contributed by atoms with Crippen molar-refractivity contribution < 1.29 is 0 Å². The highest BCUT2D eigenvalue weighted by atomic mass is 35.5. The fourth-order valence-electron chi connectivity index (χ4n) is 1.34. The number of nitrogens with zero attached hydrogens (tertiary/aromatic N) is 3. The van der Waals surface area contributed by atoms with Gasteiger partial charge in [0.15, 0.2) is 11.0 Å². The number of nitrogens with one attached hydrogen (secondary N) is 2. The first-order valence-electron chi connectivity index (χ1n) is 5.73. The molecule has 0 radical (unpaired) electrons. The Labute approximate surface area is 107 Å². The normalized spacial score (nSPS) is 11.4. The Morgan fingerprint density at radius 3 is 2.82 bits per heavy atom. The van der Waals surface area contributed by atoms with Gasteiger partial charge in [-0.2, -0.15) is 5.10 Å². The zero-order valence-electron chi connectivity index (χ0n) is 10.4. The number of halogens is 1. The molecule has 0 atom stereocenters. The molecule has 1 heterocycles. The molecule has 0 bridgehead atoms. The largest absolute Gasteiger partial charge is 0.382 e. The molecule has 2 N–H and O–H groups in total. The highest BCUT2D eigenvalue weighted by Gasteiger charge is 2.04. The Morgan fingerprint density at radius 1 is 1.41 bits per heavy atom. The van der Waals surface area contributed by atoms with Gasteiger partial charge in [-0.3, -0.25) is 5.43 Å². The highest BCUT2D eigenvalue weighted by molar-refractivity contribution is 6.29. The molecular formula is C11H18ClN5. The maximum atomic E-state index is 5.79. The van der Waals surface area contributed by atoms with Gasteiger partial charge < -0.3 is 5.32 Å².